The van der Waals surface area contributed by atoms with Gasteiger partial charge in [-0.15, -0.1) is 0 Å². The number of hydrogen-bond donors (Lipinski definition) is 1. The van der Waals surface area contributed by atoms with E-state index in [1.54, 1.807) is 24.3 Å². The lowest BCUT2D eigenvalue weighted by Gasteiger charge is -2.10. The number of rotatable bonds is 6. The Morgan fingerprint density at radius 2 is 1.89 bits per heavy atom. The van der Waals surface area contributed by atoms with E-state index in [1.807, 2.05) is 0 Å². The molecular weight excluding hydrogens is 354 g/mol. The second-order valence-electron chi connectivity index (χ2n) is 5.61. The van der Waals surface area contributed by atoms with Crippen LogP contribution in [-0.4, -0.2) is 34.6 Å². The summed E-state index contributed by atoms with van der Waals surface area (Å²) in [6.07, 6.45) is 2.64. The molecule has 0 saturated heterocycles. The number of ether oxygens (including phenoxy) is 2. The number of nitrogens with zero attached hydrogens (tertiary/aromatic N) is 2. The highest BCUT2D eigenvalue weighted by molar-refractivity contribution is 6.01. The Hall–Kier alpha value is -3.62. The maximum Gasteiger partial charge on any atom is 0.332 e. The normalized spacial score (nSPS) is 10.8. The molecule has 0 fully saturated rings. The predicted molar refractivity (Wildman–Crippen MR) is 98.7 cm³/mol. The number of hydrogen-bond acceptors (Lipinski definition) is 7. The molecule has 0 spiro atoms. The van der Waals surface area contributed by atoms with E-state index in [0.29, 0.717) is 11.3 Å². The number of carbonyl (C=O) groups is 2. The van der Waals surface area contributed by atoms with Crippen LogP contribution in [0.3, 0.4) is 0 Å². The van der Waals surface area contributed by atoms with E-state index in [2.05, 4.69) is 0 Å². The molecule has 2 rings (SSSR count). The Morgan fingerprint density at radius 3 is 2.56 bits per heavy atom. The molecule has 2 N–H and O–H groups in total. The average molecular weight is 373 g/mol. The third-order valence-electron chi connectivity index (χ3n) is 3.84. The summed E-state index contributed by atoms with van der Waals surface area (Å²) in [4.78, 5) is 47.9. The smallest absolute Gasteiger partial charge is 0.332 e. The van der Waals surface area contributed by atoms with Crippen molar-refractivity contribution in [1.82, 2.24) is 9.13 Å². The number of nitrogens with two attached hydrogens (primary N) is 1. The zero-order valence-corrected chi connectivity index (χ0v) is 15.1. The molecule has 0 aliphatic rings. The predicted octanol–water partition coefficient (Wildman–Crippen LogP) is 0.114. The van der Waals surface area contributed by atoms with Crippen molar-refractivity contribution in [2.24, 2.45) is 14.1 Å². The summed E-state index contributed by atoms with van der Waals surface area (Å²) in [7, 11) is 4.08. The van der Waals surface area contributed by atoms with E-state index in [9.17, 15) is 19.2 Å². The van der Waals surface area contributed by atoms with Crippen LogP contribution in [0.5, 0.6) is 5.75 Å². The van der Waals surface area contributed by atoms with Crippen molar-refractivity contribution in [2.45, 2.75) is 0 Å². The fourth-order valence-corrected chi connectivity index (χ4v) is 2.29. The monoisotopic (exact) mass is 373 g/mol. The molecule has 9 heteroatoms. The lowest BCUT2D eigenvalue weighted by atomic mass is 10.2. The first-order valence-electron chi connectivity index (χ1n) is 7.83. The lowest BCUT2D eigenvalue weighted by Crippen LogP contribution is -2.42. The van der Waals surface area contributed by atoms with E-state index < -0.39 is 35.2 Å². The maximum absolute atomic E-state index is 12.2. The highest BCUT2D eigenvalue weighted by Gasteiger charge is 2.21. The molecule has 27 heavy (non-hydrogen) atoms. The van der Waals surface area contributed by atoms with Crippen molar-refractivity contribution in [3.8, 4) is 5.75 Å². The van der Waals surface area contributed by atoms with Crippen LogP contribution < -0.4 is 21.7 Å². The standard InChI is InChI=1S/C18H19N3O6/c1-20-16(19)15(17(24)21(2)18(20)25)13(22)10-27-14(23)8-7-11-5-4-6-12(9-11)26-3/h4-9H,10,19H2,1-3H3/b8-7+. The van der Waals surface area contributed by atoms with Gasteiger partial charge in [0, 0.05) is 20.2 Å². The minimum absolute atomic E-state index is 0.281. The highest BCUT2D eigenvalue weighted by Crippen LogP contribution is 2.13. The number of nitrogen functional groups attached to an aromatic ring is 1. The molecule has 0 bridgehead atoms. The van der Waals surface area contributed by atoms with Crippen molar-refractivity contribution in [3.05, 3.63) is 62.3 Å². The number of anilines is 1. The summed E-state index contributed by atoms with van der Waals surface area (Å²) < 4.78 is 11.7. The minimum Gasteiger partial charge on any atom is -0.497 e. The summed E-state index contributed by atoms with van der Waals surface area (Å²) in [5, 5.41) is 0. The molecule has 142 valence electrons. The average Bonchev–Trinajstić information content (AvgIpc) is 2.67. The first kappa shape index (κ1) is 19.7. The molecule has 0 amide bonds. The summed E-state index contributed by atoms with van der Waals surface area (Å²) in [5.41, 5.74) is 4.48. The summed E-state index contributed by atoms with van der Waals surface area (Å²) in [6.45, 7) is -0.682. The highest BCUT2D eigenvalue weighted by atomic mass is 16.5. The number of methoxy groups -OCH3 is 1. The molecule has 0 saturated carbocycles. The molecule has 0 radical (unpaired) electrons. The SMILES string of the molecule is COc1cccc(/C=C/C(=O)OCC(=O)c2c(N)n(C)c(=O)n(C)c2=O)c1. The van der Waals surface area contributed by atoms with Gasteiger partial charge in [-0.3, -0.25) is 18.7 Å². The first-order chi connectivity index (χ1) is 12.8. The number of Topliss-reactive ketones (excluding diaryl/α,β-unsaturated/α-hetero) is 1. The summed E-state index contributed by atoms with van der Waals surface area (Å²) >= 11 is 0. The minimum atomic E-state index is -0.844. The number of esters is 1. The molecule has 0 unspecified atom stereocenters. The van der Waals surface area contributed by atoms with E-state index in [1.165, 1.54) is 27.3 Å². The van der Waals surface area contributed by atoms with Crippen LogP contribution in [0.4, 0.5) is 5.82 Å². The zero-order valence-electron chi connectivity index (χ0n) is 15.1. The molecule has 1 heterocycles. The first-order valence-corrected chi connectivity index (χ1v) is 7.83. The fraction of sp³-hybridized carbons (Fsp3) is 0.222. The Balaban J connectivity index is 2.10. The number of carbonyl (C=O) groups excluding carboxylic acids is 2. The molecule has 0 aliphatic carbocycles. The molecule has 1 aromatic heterocycles. The lowest BCUT2D eigenvalue weighted by molar-refractivity contribution is -0.136. The van der Waals surface area contributed by atoms with Gasteiger partial charge < -0.3 is 15.2 Å². The number of ketones is 1. The van der Waals surface area contributed by atoms with Crippen LogP contribution in [0.15, 0.2) is 39.9 Å². The van der Waals surface area contributed by atoms with Gasteiger partial charge >= 0.3 is 11.7 Å². The van der Waals surface area contributed by atoms with Gasteiger partial charge in [-0.2, -0.15) is 0 Å². The van der Waals surface area contributed by atoms with Gasteiger partial charge in [0.2, 0.25) is 5.78 Å². The van der Waals surface area contributed by atoms with Crippen LogP contribution in [0.1, 0.15) is 15.9 Å². The van der Waals surface area contributed by atoms with E-state index >= 15 is 0 Å². The Labute approximate surface area is 154 Å². The Kier molecular flexibility index (Phi) is 5.96. The van der Waals surface area contributed by atoms with Crippen molar-refractivity contribution >= 4 is 23.6 Å². The van der Waals surface area contributed by atoms with E-state index in [-0.39, 0.29) is 5.82 Å². The largest absolute Gasteiger partial charge is 0.497 e. The van der Waals surface area contributed by atoms with Gasteiger partial charge in [0.15, 0.2) is 6.61 Å². The van der Waals surface area contributed by atoms with E-state index in [4.69, 9.17) is 15.2 Å². The van der Waals surface area contributed by atoms with Crippen molar-refractivity contribution < 1.29 is 19.1 Å². The van der Waals surface area contributed by atoms with Gasteiger partial charge in [0.25, 0.3) is 5.56 Å². The van der Waals surface area contributed by atoms with Gasteiger partial charge in [-0.1, -0.05) is 12.1 Å². The maximum atomic E-state index is 12.2. The number of benzene rings is 1. The summed E-state index contributed by atoms with van der Waals surface area (Å²) in [6, 6.07) is 6.98. The van der Waals surface area contributed by atoms with Crippen LogP contribution in [0.25, 0.3) is 6.08 Å². The van der Waals surface area contributed by atoms with E-state index in [0.717, 1.165) is 15.2 Å². The van der Waals surface area contributed by atoms with Crippen LogP contribution in [0.2, 0.25) is 0 Å². The third-order valence-corrected chi connectivity index (χ3v) is 3.84. The quantitative estimate of drug-likeness (QED) is 0.433. The van der Waals surface area contributed by atoms with Crippen molar-refractivity contribution in [3.63, 3.8) is 0 Å². The molecule has 0 aliphatic heterocycles. The van der Waals surface area contributed by atoms with Crippen LogP contribution in [-0.2, 0) is 23.6 Å². The fourth-order valence-electron chi connectivity index (χ4n) is 2.29. The topological polar surface area (TPSA) is 123 Å². The molecule has 0 atom stereocenters. The zero-order chi connectivity index (χ0) is 20.1. The second kappa shape index (κ2) is 8.17. The van der Waals surface area contributed by atoms with Gasteiger partial charge in [-0.05, 0) is 23.8 Å². The molecule has 9 nitrogen and oxygen atoms in total. The summed E-state index contributed by atoms with van der Waals surface area (Å²) in [5.74, 6) is -1.23. The molecular formula is C18H19N3O6. The van der Waals surface area contributed by atoms with Crippen molar-refractivity contribution in [1.29, 1.82) is 0 Å². The van der Waals surface area contributed by atoms with Crippen molar-refractivity contribution in [2.75, 3.05) is 19.5 Å². The van der Waals surface area contributed by atoms with Gasteiger partial charge in [0.05, 0.1) is 7.11 Å². The van der Waals surface area contributed by atoms with Gasteiger partial charge in [-0.25, -0.2) is 9.59 Å². The molecule has 1 aromatic carbocycles. The molecule has 2 aromatic rings. The van der Waals surface area contributed by atoms with Crippen LogP contribution in [0, 0.1) is 0 Å². The Bertz CT molecular complexity index is 1030. The number of aromatic nitrogens is 2. The second-order valence-corrected chi connectivity index (χ2v) is 5.61. The van der Waals surface area contributed by atoms with Crippen LogP contribution >= 0.6 is 0 Å². The van der Waals surface area contributed by atoms with Gasteiger partial charge in [0.1, 0.15) is 17.1 Å². The Morgan fingerprint density at radius 1 is 1.19 bits per heavy atom. The third kappa shape index (κ3) is 4.32.